The Bertz CT molecular complexity index is 5170. The predicted octanol–water partition coefficient (Wildman–Crippen LogP) is 15.7. The molecule has 0 spiro atoms. The predicted molar refractivity (Wildman–Crippen MR) is 502 cm³/mol. The van der Waals surface area contributed by atoms with Crippen LogP contribution in [-0.4, -0.2) is 151 Å². The fourth-order valence-electron chi connectivity index (χ4n) is 16.1. The number of nitrogen functional groups attached to an aromatic ring is 3. The molecule has 3 fully saturated rings. The fraction of sp³-hybridized carbons (Fsp3) is 0.477. The van der Waals surface area contributed by atoms with Crippen molar-refractivity contribution >= 4 is 135 Å². The van der Waals surface area contributed by atoms with E-state index in [2.05, 4.69) is 159 Å². The van der Waals surface area contributed by atoms with Gasteiger partial charge in [0.05, 0.1) is 47.4 Å². The summed E-state index contributed by atoms with van der Waals surface area (Å²) in [5, 5.41) is 25.9. The minimum absolute atomic E-state index is 0. The molecule has 0 unspecified atom stereocenters. The van der Waals surface area contributed by atoms with Crippen molar-refractivity contribution in [2.75, 3.05) is 72.5 Å². The molecule has 15 rings (SSSR count). The number of esters is 2. The van der Waals surface area contributed by atoms with Gasteiger partial charge < -0.3 is 64.8 Å². The van der Waals surface area contributed by atoms with Crippen LogP contribution in [0.15, 0.2) is 91.4 Å². The second-order valence-corrected chi connectivity index (χ2v) is 46.3. The number of carbonyl (C=O) groups excluding carboxylic acids is 6. The molecule has 659 valence electrons. The first kappa shape index (κ1) is 101. The average Bonchev–Trinajstić information content (AvgIpc) is 1.58. The number of halogens is 3. The molecule has 9 aromatic rings. The molecule has 3 aromatic carbocycles. The summed E-state index contributed by atoms with van der Waals surface area (Å²) in [4.78, 5) is 103. The number of piperidine rings is 2. The number of nitrogens with zero attached hydrogens (tertiary/aromatic N) is 13. The van der Waals surface area contributed by atoms with Crippen LogP contribution in [0.5, 0.6) is 0 Å². The van der Waals surface area contributed by atoms with Crippen LogP contribution in [0, 0.1) is 19.3 Å². The molecule has 3 aliphatic carbocycles. The summed E-state index contributed by atoms with van der Waals surface area (Å²) >= 11 is 4.74. The number of amides is 3. The number of carbonyl (C=O) groups is 6. The molecule has 0 atom stereocenters. The number of anilines is 6. The van der Waals surface area contributed by atoms with Crippen LogP contribution in [0.2, 0.25) is 0 Å². The first-order valence-corrected chi connectivity index (χ1v) is 48.6. The van der Waals surface area contributed by atoms with Gasteiger partial charge in [0.1, 0.15) is 17.5 Å². The SMILES string of the molecule is C.C.CC(C)(C)OC(=O)CC1CCNCC1.Cn1nc(C(=O)Nc2cccc(C3OCCCO3)c2)c2c1-c1nc(N)ncc1CC2(C)C.Cn1nc(C(=O)Nc2cccc(C=O)c2)c2c1-c1nc(N)ncc1CC2(C)C.Cn1nc(C(=O)Nc2cccc(CN3CCC(CC(=O)OC(C)(C)C)CC3)c2)c2c1-c1nc(N)ncc1CC2(C)C.I.[CH3-].[I][V][I]. The first-order chi connectivity index (χ1) is 55.8. The maximum atomic E-state index is 13.6. The Morgan fingerprint density at radius 2 is 0.926 bits per heavy atom. The number of ether oxygens (including phenoxy) is 4. The number of hydrogen-bond donors (Lipinski definition) is 7. The number of rotatable bonds is 14. The number of nitrogens with two attached hydrogens (primary N) is 3. The van der Waals surface area contributed by atoms with E-state index in [1.54, 1.807) is 63.9 Å². The second-order valence-electron chi connectivity index (χ2n) is 34.5. The van der Waals surface area contributed by atoms with Crippen LogP contribution >= 0.6 is 63.9 Å². The molecule has 0 radical (unpaired) electrons. The summed E-state index contributed by atoms with van der Waals surface area (Å²) in [7, 11) is 6.06. The Hall–Kier alpha value is -8.44. The Labute approximate surface area is 763 Å². The number of aromatic nitrogens is 12. The second kappa shape index (κ2) is 43.0. The number of fused-ring (bicyclic) bond motifs is 9. The molecule has 6 aliphatic rings. The molecule has 3 aliphatic heterocycles. The van der Waals surface area contributed by atoms with Gasteiger partial charge >= 0.3 is 61.4 Å². The van der Waals surface area contributed by atoms with Gasteiger partial charge in [0.2, 0.25) is 17.8 Å². The van der Waals surface area contributed by atoms with Gasteiger partial charge in [0.15, 0.2) is 23.4 Å². The molecule has 9 heterocycles. The van der Waals surface area contributed by atoms with Gasteiger partial charge in [-0.25, -0.2) is 29.9 Å². The van der Waals surface area contributed by atoms with Crippen molar-refractivity contribution in [2.24, 2.45) is 33.0 Å². The summed E-state index contributed by atoms with van der Waals surface area (Å²) in [6.45, 7) is 30.0. The summed E-state index contributed by atoms with van der Waals surface area (Å²) < 4.78 is 27.2. The Morgan fingerprint density at radius 3 is 1.31 bits per heavy atom. The molecule has 34 heteroatoms. The van der Waals surface area contributed by atoms with Crippen molar-refractivity contribution in [1.29, 1.82) is 0 Å². The van der Waals surface area contributed by atoms with Crippen molar-refractivity contribution in [1.82, 2.24) is 69.5 Å². The number of benzene rings is 3. The zero-order valence-electron chi connectivity index (χ0n) is 71.2. The van der Waals surface area contributed by atoms with E-state index >= 15 is 0 Å². The number of nitrogens with one attached hydrogen (secondary N) is 4. The van der Waals surface area contributed by atoms with Crippen LogP contribution in [-0.2, 0) is 101 Å². The Morgan fingerprint density at radius 1 is 0.566 bits per heavy atom. The fourth-order valence-corrected chi connectivity index (χ4v) is 16.1. The van der Waals surface area contributed by atoms with E-state index < -0.39 is 11.9 Å². The number of hydrogen-bond acceptors (Lipinski definition) is 24. The summed E-state index contributed by atoms with van der Waals surface area (Å²) in [5.41, 5.74) is 31.3. The summed E-state index contributed by atoms with van der Waals surface area (Å²) in [5.74, 6) is 0.435. The van der Waals surface area contributed by atoms with Gasteiger partial charge in [-0.3, -0.25) is 47.7 Å². The van der Waals surface area contributed by atoms with E-state index in [9.17, 15) is 28.8 Å². The van der Waals surface area contributed by atoms with Crippen molar-refractivity contribution < 1.29 is 57.2 Å². The van der Waals surface area contributed by atoms with Crippen LogP contribution in [0.4, 0.5) is 34.9 Å². The van der Waals surface area contributed by atoms with E-state index in [1.807, 2.05) is 98.1 Å². The van der Waals surface area contributed by atoms with Gasteiger partial charge in [-0.05, 0) is 206 Å². The Kier molecular flexibility index (Phi) is 35.5. The number of aldehydes is 1. The molecule has 122 heavy (non-hydrogen) atoms. The van der Waals surface area contributed by atoms with E-state index in [1.165, 1.54) is 0 Å². The molecule has 30 nitrogen and oxygen atoms in total. The molecule has 6 aromatic heterocycles. The van der Waals surface area contributed by atoms with Crippen LogP contribution in [0.3, 0.4) is 0 Å². The van der Waals surface area contributed by atoms with Crippen LogP contribution < -0.4 is 38.5 Å². The van der Waals surface area contributed by atoms with Gasteiger partial charge in [-0.1, -0.05) is 92.8 Å². The van der Waals surface area contributed by atoms with Crippen molar-refractivity contribution in [2.45, 2.75) is 202 Å². The van der Waals surface area contributed by atoms with Gasteiger partial charge in [-0.2, -0.15) is 15.3 Å². The zero-order chi connectivity index (χ0) is 85.3. The standard InChI is InChI=1S/C31H41N7O3.C23H26N6O3.C20H20N6O2.C11H21NO2.2CH4.CH3.3HI.V/c1-30(2,3)41-23(39)15-19-10-12-38(13-11-19)18-20-8-7-9-22(14-20)34-28(40)26-24-27(37(6)36-26)25-21(16-31(24,4)5)17-33-29(32)35-25;1-23(2)11-14-12-25-22(24)27-17(14)19-16(23)18(28-29(19)3)20(30)26-15-7-4-6-13(10-15)21-31-8-5-9-32-21;1-20(2)8-12-9-22-19(21)24-15(12)17-14(20)16(25-26(17)3)18(28)23-13-6-4-5-11(7-13)10-27;1-11(2,3)14-10(13)8-9-4-6-12-7-5-9;;;;;;;/h7-9,14,17,19H,10-13,15-16,18H2,1-6H3,(H,34,40)(H2,32,33,35);4,6-7,10,12,21H,5,8-9,11H2,1-3H3,(H,26,30)(H2,24,25,27);4-7,9-10H,8H2,1-3H3,(H,23,28)(H2,21,22,24);9,12H,4-8H2,1-3H3;2*1H4;1H3;3*1H;/q;;;;;;-1;;;;+2/p-2. The Balaban J connectivity index is 0.000000229. The zero-order valence-corrected chi connectivity index (χ0v) is 79.3. The molecule has 3 amide bonds. The summed E-state index contributed by atoms with van der Waals surface area (Å²) in [6.07, 6.45) is 13.7. The molecule has 0 saturated carbocycles. The van der Waals surface area contributed by atoms with E-state index in [-0.39, 0.29) is 116 Å². The van der Waals surface area contributed by atoms with Gasteiger partial charge in [-0.15, -0.1) is 24.0 Å². The topological polar surface area (TPSA) is 400 Å². The molecule has 10 N–H and O–H groups in total. The molecule has 3 saturated heterocycles. The third-order valence-electron chi connectivity index (χ3n) is 21.1. The van der Waals surface area contributed by atoms with Crippen LogP contribution in [0.1, 0.15) is 236 Å². The van der Waals surface area contributed by atoms with Crippen LogP contribution in [0.25, 0.3) is 34.2 Å². The van der Waals surface area contributed by atoms with Gasteiger partial charge in [0.25, 0.3) is 17.7 Å². The van der Waals surface area contributed by atoms with E-state index in [0.29, 0.717) is 106 Å². The third-order valence-corrected chi connectivity index (χ3v) is 21.1. The van der Waals surface area contributed by atoms with Crippen molar-refractivity contribution in [3.63, 3.8) is 0 Å². The van der Waals surface area contributed by atoms with Crippen molar-refractivity contribution in [3.05, 3.63) is 166 Å². The third kappa shape index (κ3) is 25.4. The normalized spacial score (nSPS) is 15.9. The van der Waals surface area contributed by atoms with Gasteiger partial charge in [0, 0.05) is 104 Å². The van der Waals surface area contributed by atoms with E-state index in [0.717, 1.165) is 150 Å². The minimum atomic E-state index is -0.445. The number of likely N-dealkylation sites (tertiary alicyclic amines) is 1. The monoisotopic (exact) mass is 2050 g/mol. The quantitative estimate of drug-likeness (QED) is 0.0230. The summed E-state index contributed by atoms with van der Waals surface area (Å²) in [6, 6.07) is 22.2. The average molecular weight is 2050 g/mol. The first-order valence-electron chi connectivity index (χ1n) is 39.6. The van der Waals surface area contributed by atoms with Crippen molar-refractivity contribution in [3.8, 4) is 34.2 Å². The maximum absolute atomic E-state index is 13.6. The number of aryl methyl sites for hydroxylation is 3. The molecule has 0 bridgehead atoms. The van der Waals surface area contributed by atoms with E-state index in [4.69, 9.17) is 36.1 Å². The molecular formula is C88H120I3N20O10V-. The molecular weight excluding hydrogens is 1930 g/mol.